The molecule has 31 heavy (non-hydrogen) atoms. The minimum atomic E-state index is -4.36. The Morgan fingerprint density at radius 1 is 1.16 bits per heavy atom. The summed E-state index contributed by atoms with van der Waals surface area (Å²) in [7, 11) is -4.36. The third kappa shape index (κ3) is 4.47. The molecule has 0 bridgehead atoms. The Bertz CT molecular complexity index is 1100. The molecule has 0 radical (unpaired) electrons. The zero-order valence-electron chi connectivity index (χ0n) is 16.4. The fourth-order valence-corrected chi connectivity index (χ4v) is 4.75. The first-order valence-electron chi connectivity index (χ1n) is 9.77. The van der Waals surface area contributed by atoms with Crippen molar-refractivity contribution in [1.82, 2.24) is 4.72 Å². The van der Waals surface area contributed by atoms with Crippen LogP contribution in [0.3, 0.4) is 0 Å². The van der Waals surface area contributed by atoms with Gasteiger partial charge in [0.15, 0.2) is 11.4 Å². The molecule has 0 unspecified atom stereocenters. The van der Waals surface area contributed by atoms with Crippen LogP contribution in [0.5, 0.6) is 5.75 Å². The normalized spacial score (nSPS) is 18.9. The lowest BCUT2D eigenvalue weighted by atomic mass is 9.91. The highest BCUT2D eigenvalue weighted by molar-refractivity contribution is 7.90. The van der Waals surface area contributed by atoms with Crippen molar-refractivity contribution in [3.05, 3.63) is 58.1 Å². The zero-order valence-corrected chi connectivity index (χ0v) is 17.3. The van der Waals surface area contributed by atoms with Gasteiger partial charge in [0.25, 0.3) is 21.6 Å². The number of carbonyl (C=O) groups excluding carboxylic acids is 1. The Kier molecular flexibility index (Phi) is 5.79. The molecule has 2 aliphatic heterocycles. The molecule has 0 saturated carbocycles. The molecule has 1 atom stereocenters. The number of nitro groups is 1. The number of amides is 1. The van der Waals surface area contributed by atoms with Gasteiger partial charge in [-0.3, -0.25) is 14.9 Å². The van der Waals surface area contributed by atoms with Crippen molar-refractivity contribution in [3.63, 3.8) is 0 Å². The Hall–Kier alpha value is -3.18. The average Bonchev–Trinajstić information content (AvgIpc) is 2.78. The molecule has 11 heteroatoms. The first-order valence-corrected chi connectivity index (χ1v) is 11.2. The van der Waals surface area contributed by atoms with E-state index in [0.29, 0.717) is 13.2 Å². The van der Waals surface area contributed by atoms with E-state index in [1.807, 2.05) is 4.72 Å². The summed E-state index contributed by atoms with van der Waals surface area (Å²) < 4.78 is 38.5. The van der Waals surface area contributed by atoms with Crippen molar-refractivity contribution < 1.29 is 27.6 Å². The number of anilines is 1. The van der Waals surface area contributed by atoms with Crippen LogP contribution in [0.15, 0.2) is 47.4 Å². The highest BCUT2D eigenvalue weighted by Gasteiger charge is 2.34. The van der Waals surface area contributed by atoms with E-state index in [4.69, 9.17) is 9.47 Å². The summed E-state index contributed by atoms with van der Waals surface area (Å²) >= 11 is 0. The van der Waals surface area contributed by atoms with Crippen molar-refractivity contribution in [2.75, 3.05) is 25.1 Å². The minimum absolute atomic E-state index is 0.0602. The Labute approximate surface area is 178 Å². The predicted octanol–water partition coefficient (Wildman–Crippen LogP) is 2.31. The van der Waals surface area contributed by atoms with E-state index < -0.39 is 31.4 Å². The molecule has 10 nitrogen and oxygen atoms in total. The van der Waals surface area contributed by atoms with Gasteiger partial charge in [-0.2, -0.15) is 0 Å². The van der Waals surface area contributed by atoms with Gasteiger partial charge in [-0.25, -0.2) is 13.1 Å². The van der Waals surface area contributed by atoms with Crippen molar-refractivity contribution in [2.45, 2.75) is 23.8 Å². The number of hydrogen-bond donors (Lipinski definition) is 2. The fourth-order valence-electron chi connectivity index (χ4n) is 3.74. The third-order valence-electron chi connectivity index (χ3n) is 5.41. The number of nitro benzene ring substituents is 1. The number of rotatable bonds is 5. The molecule has 1 fully saturated rings. The van der Waals surface area contributed by atoms with Gasteiger partial charge in [0.2, 0.25) is 0 Å². The van der Waals surface area contributed by atoms with E-state index >= 15 is 0 Å². The monoisotopic (exact) mass is 447 g/mol. The van der Waals surface area contributed by atoms with Gasteiger partial charge in [0.05, 0.1) is 15.9 Å². The number of ether oxygens (including phenoxy) is 2. The second kappa shape index (κ2) is 8.52. The molecular weight excluding hydrogens is 426 g/mol. The first kappa shape index (κ1) is 21.1. The summed E-state index contributed by atoms with van der Waals surface area (Å²) in [4.78, 5) is 22.9. The standard InChI is InChI=1S/C20H21N3O7S/c24-20(14-4-2-1-3-5-14)22-31(27,28)15-10-17(23(25)26)19-18(11-15)30-12-16(21-19)13-6-8-29-9-7-13/h1-5,10-11,13,16,21H,6-9,12H2,(H,22,24)/t16-/m0/s1. The molecule has 0 aromatic heterocycles. The van der Waals surface area contributed by atoms with E-state index in [9.17, 15) is 23.3 Å². The SMILES string of the molecule is O=C(NS(=O)(=O)c1cc2c(c([N+](=O)[O-])c1)N[C@H](C1CCOCC1)CO2)c1ccccc1. The highest BCUT2D eigenvalue weighted by atomic mass is 32.2. The van der Waals surface area contributed by atoms with Crippen molar-refractivity contribution >= 4 is 27.3 Å². The van der Waals surface area contributed by atoms with Crippen LogP contribution in [-0.4, -0.2) is 45.1 Å². The maximum Gasteiger partial charge on any atom is 0.297 e. The van der Waals surface area contributed by atoms with Crippen LogP contribution < -0.4 is 14.8 Å². The van der Waals surface area contributed by atoms with Crippen LogP contribution in [0.2, 0.25) is 0 Å². The van der Waals surface area contributed by atoms with Crippen LogP contribution in [0, 0.1) is 16.0 Å². The topological polar surface area (TPSA) is 137 Å². The van der Waals surface area contributed by atoms with Gasteiger partial charge >= 0.3 is 0 Å². The largest absolute Gasteiger partial charge is 0.489 e. The summed E-state index contributed by atoms with van der Waals surface area (Å²) in [5.41, 5.74) is -0.140. The second-order valence-corrected chi connectivity index (χ2v) is 9.07. The molecule has 164 valence electrons. The van der Waals surface area contributed by atoms with Crippen LogP contribution in [0.25, 0.3) is 0 Å². The van der Waals surface area contributed by atoms with Crippen LogP contribution >= 0.6 is 0 Å². The lowest BCUT2D eigenvalue weighted by Gasteiger charge is -2.35. The second-order valence-electron chi connectivity index (χ2n) is 7.38. The zero-order chi connectivity index (χ0) is 22.0. The number of nitrogens with one attached hydrogen (secondary N) is 2. The van der Waals surface area contributed by atoms with Crippen molar-refractivity contribution in [3.8, 4) is 5.75 Å². The molecule has 0 spiro atoms. The van der Waals surface area contributed by atoms with Crippen molar-refractivity contribution in [2.24, 2.45) is 5.92 Å². The van der Waals surface area contributed by atoms with Crippen LogP contribution in [0.4, 0.5) is 11.4 Å². The number of hydrogen-bond acceptors (Lipinski definition) is 8. The summed E-state index contributed by atoms with van der Waals surface area (Å²) in [6.45, 7) is 1.49. The van der Waals surface area contributed by atoms with E-state index in [2.05, 4.69) is 5.32 Å². The quantitative estimate of drug-likeness (QED) is 0.526. The van der Waals surface area contributed by atoms with E-state index in [1.54, 1.807) is 18.2 Å². The lowest BCUT2D eigenvalue weighted by Crippen LogP contribution is -2.40. The Balaban J connectivity index is 1.62. The lowest BCUT2D eigenvalue weighted by molar-refractivity contribution is -0.384. The van der Waals surface area contributed by atoms with E-state index in [0.717, 1.165) is 18.9 Å². The number of carbonyl (C=O) groups is 1. The van der Waals surface area contributed by atoms with E-state index in [1.165, 1.54) is 18.2 Å². The molecule has 2 aliphatic rings. The Morgan fingerprint density at radius 3 is 2.55 bits per heavy atom. The maximum absolute atomic E-state index is 12.7. The molecule has 4 rings (SSSR count). The van der Waals surface area contributed by atoms with Gasteiger partial charge in [-0.1, -0.05) is 18.2 Å². The van der Waals surface area contributed by atoms with Crippen LogP contribution in [0.1, 0.15) is 23.2 Å². The third-order valence-corrected chi connectivity index (χ3v) is 6.72. The first-order chi connectivity index (χ1) is 14.8. The molecule has 2 aromatic rings. The smallest absolute Gasteiger partial charge is 0.297 e. The predicted molar refractivity (Wildman–Crippen MR) is 111 cm³/mol. The van der Waals surface area contributed by atoms with Gasteiger partial charge in [-0.05, 0) is 30.9 Å². The van der Waals surface area contributed by atoms with Gasteiger partial charge < -0.3 is 14.8 Å². The highest BCUT2D eigenvalue weighted by Crippen LogP contribution is 2.41. The molecule has 0 aliphatic carbocycles. The Morgan fingerprint density at radius 2 is 1.87 bits per heavy atom. The minimum Gasteiger partial charge on any atom is -0.489 e. The van der Waals surface area contributed by atoms with Crippen LogP contribution in [-0.2, 0) is 14.8 Å². The number of fused-ring (bicyclic) bond motifs is 1. The summed E-state index contributed by atoms with van der Waals surface area (Å²) in [6.07, 6.45) is 1.62. The molecule has 1 amide bonds. The molecule has 2 aromatic carbocycles. The average molecular weight is 447 g/mol. The summed E-state index contributed by atoms with van der Waals surface area (Å²) in [6, 6.07) is 9.79. The molecule has 1 saturated heterocycles. The molecular formula is C20H21N3O7S. The molecule has 2 heterocycles. The van der Waals surface area contributed by atoms with E-state index in [-0.39, 0.29) is 35.6 Å². The molecule has 2 N–H and O–H groups in total. The van der Waals surface area contributed by atoms with Gasteiger partial charge in [0, 0.05) is 30.9 Å². The van der Waals surface area contributed by atoms with Crippen molar-refractivity contribution in [1.29, 1.82) is 0 Å². The summed E-state index contributed by atoms with van der Waals surface area (Å²) in [5.74, 6) is -0.542. The number of benzene rings is 2. The fraction of sp³-hybridized carbons (Fsp3) is 0.350. The van der Waals surface area contributed by atoms with Gasteiger partial charge in [0.1, 0.15) is 6.61 Å². The number of sulfonamides is 1. The number of nitrogens with zero attached hydrogens (tertiary/aromatic N) is 1. The van der Waals surface area contributed by atoms with Gasteiger partial charge in [-0.15, -0.1) is 0 Å². The summed E-state index contributed by atoms with van der Waals surface area (Å²) in [5, 5.41) is 14.8. The maximum atomic E-state index is 12.7.